The first kappa shape index (κ1) is 9.52. The molecule has 4 heteroatoms. The second-order valence-electron chi connectivity index (χ2n) is 2.13. The third kappa shape index (κ3) is 2.48. The lowest BCUT2D eigenvalue weighted by Gasteiger charge is -1.95. The van der Waals surface area contributed by atoms with Gasteiger partial charge < -0.3 is 5.11 Å². The van der Waals surface area contributed by atoms with E-state index in [1.807, 2.05) is 0 Å². The summed E-state index contributed by atoms with van der Waals surface area (Å²) in [6.07, 6.45) is 4.90. The van der Waals surface area contributed by atoms with Gasteiger partial charge in [-0.15, -0.1) is 0 Å². The minimum absolute atomic E-state index is 0.000244. The van der Waals surface area contributed by atoms with E-state index in [2.05, 4.69) is 4.98 Å². The molecule has 0 fully saturated rings. The molecule has 0 radical (unpaired) electrons. The van der Waals surface area contributed by atoms with Gasteiger partial charge >= 0.3 is 0 Å². The highest BCUT2D eigenvalue weighted by Crippen LogP contribution is 2.19. The van der Waals surface area contributed by atoms with Gasteiger partial charge in [0.05, 0.1) is 11.6 Å². The van der Waals surface area contributed by atoms with Gasteiger partial charge in [0, 0.05) is 6.20 Å². The molecule has 1 aromatic rings. The third-order valence-electron chi connectivity index (χ3n) is 1.23. The second-order valence-corrected chi connectivity index (χ2v) is 2.89. The molecule has 0 spiro atoms. The lowest BCUT2D eigenvalue weighted by Crippen LogP contribution is -1.80. The van der Waals surface area contributed by atoms with Crippen LogP contribution in [0.2, 0.25) is 10.2 Å². The molecule has 0 unspecified atom stereocenters. The van der Waals surface area contributed by atoms with Gasteiger partial charge in [-0.2, -0.15) is 0 Å². The number of pyridine rings is 1. The maximum atomic E-state index is 8.49. The Morgan fingerprint density at radius 1 is 1.50 bits per heavy atom. The van der Waals surface area contributed by atoms with Gasteiger partial charge in [0.25, 0.3) is 0 Å². The van der Waals surface area contributed by atoms with Crippen LogP contribution >= 0.6 is 23.2 Å². The topological polar surface area (TPSA) is 33.1 Å². The molecule has 0 saturated carbocycles. The Balaban J connectivity index is 2.89. The molecule has 0 atom stereocenters. The molecule has 0 bridgehead atoms. The maximum absolute atomic E-state index is 8.49. The van der Waals surface area contributed by atoms with E-state index in [4.69, 9.17) is 28.3 Å². The lowest BCUT2D eigenvalue weighted by molar-refractivity contribution is 0.343. The van der Waals surface area contributed by atoms with Crippen molar-refractivity contribution < 1.29 is 5.11 Å². The van der Waals surface area contributed by atoms with Crippen molar-refractivity contribution in [2.24, 2.45) is 0 Å². The highest BCUT2D eigenvalue weighted by molar-refractivity contribution is 6.41. The van der Waals surface area contributed by atoms with Crippen LogP contribution in [0.3, 0.4) is 0 Å². The molecule has 0 aromatic carbocycles. The first-order valence-electron chi connectivity index (χ1n) is 3.32. The van der Waals surface area contributed by atoms with Crippen LogP contribution in [0.4, 0.5) is 0 Å². The Labute approximate surface area is 80.5 Å². The Hall–Kier alpha value is -0.570. The van der Waals surface area contributed by atoms with Crippen molar-refractivity contribution in [1.82, 2.24) is 4.98 Å². The van der Waals surface area contributed by atoms with E-state index < -0.39 is 0 Å². The van der Waals surface area contributed by atoms with Crippen molar-refractivity contribution in [1.29, 1.82) is 0 Å². The molecule has 1 aromatic heterocycles. The van der Waals surface area contributed by atoms with Gasteiger partial charge in [0.1, 0.15) is 5.15 Å². The fourth-order valence-corrected chi connectivity index (χ4v) is 0.994. The normalized spacial score (nSPS) is 10.9. The molecule has 1 rings (SSSR count). The quantitative estimate of drug-likeness (QED) is 0.750. The molecule has 12 heavy (non-hydrogen) atoms. The number of aliphatic hydroxyl groups is 1. The van der Waals surface area contributed by atoms with E-state index in [-0.39, 0.29) is 11.8 Å². The van der Waals surface area contributed by atoms with Gasteiger partial charge in [-0.25, -0.2) is 4.98 Å². The molecule has 0 aliphatic carbocycles. The summed E-state index contributed by atoms with van der Waals surface area (Å²) in [6, 6.07) is 1.68. The van der Waals surface area contributed by atoms with E-state index in [0.29, 0.717) is 5.02 Å². The van der Waals surface area contributed by atoms with Crippen LogP contribution in [-0.2, 0) is 0 Å². The molecule has 0 amide bonds. The zero-order valence-electron chi connectivity index (χ0n) is 6.17. The van der Waals surface area contributed by atoms with E-state index >= 15 is 0 Å². The van der Waals surface area contributed by atoms with Crippen LogP contribution in [0.25, 0.3) is 6.08 Å². The predicted molar refractivity (Wildman–Crippen MR) is 50.4 cm³/mol. The fraction of sp³-hybridized carbons (Fsp3) is 0.125. The highest BCUT2D eigenvalue weighted by atomic mass is 35.5. The number of aromatic nitrogens is 1. The van der Waals surface area contributed by atoms with E-state index in [1.165, 1.54) is 0 Å². The second kappa shape index (κ2) is 4.45. The predicted octanol–water partition coefficient (Wildman–Crippen LogP) is 2.39. The van der Waals surface area contributed by atoms with Crippen molar-refractivity contribution in [3.05, 3.63) is 34.1 Å². The number of rotatable bonds is 2. The molecular weight excluding hydrogens is 197 g/mol. The number of nitrogens with zero attached hydrogens (tertiary/aromatic N) is 1. The minimum Gasteiger partial charge on any atom is -0.392 e. The summed E-state index contributed by atoms with van der Waals surface area (Å²) in [5, 5.41) is 9.19. The van der Waals surface area contributed by atoms with Crippen LogP contribution < -0.4 is 0 Å². The number of hydrogen-bond acceptors (Lipinski definition) is 2. The Morgan fingerprint density at radius 2 is 2.25 bits per heavy atom. The lowest BCUT2D eigenvalue weighted by atomic mass is 10.2. The first-order chi connectivity index (χ1) is 5.74. The SMILES string of the molecule is OC/C=C/c1cnc(Cl)c(Cl)c1. The van der Waals surface area contributed by atoms with Gasteiger partial charge in [0.15, 0.2) is 0 Å². The van der Waals surface area contributed by atoms with Crippen molar-refractivity contribution in [2.45, 2.75) is 0 Å². The van der Waals surface area contributed by atoms with Crippen molar-refractivity contribution >= 4 is 29.3 Å². The van der Waals surface area contributed by atoms with Gasteiger partial charge in [0.2, 0.25) is 0 Å². The number of aliphatic hydroxyl groups excluding tert-OH is 1. The van der Waals surface area contributed by atoms with E-state index in [9.17, 15) is 0 Å². The first-order valence-corrected chi connectivity index (χ1v) is 4.08. The van der Waals surface area contributed by atoms with Crippen molar-refractivity contribution in [3.8, 4) is 0 Å². The summed E-state index contributed by atoms with van der Waals surface area (Å²) in [5.41, 5.74) is 0.818. The van der Waals surface area contributed by atoms with Crippen molar-refractivity contribution in [3.63, 3.8) is 0 Å². The minimum atomic E-state index is 0.000244. The summed E-state index contributed by atoms with van der Waals surface area (Å²) in [7, 11) is 0. The van der Waals surface area contributed by atoms with Crippen LogP contribution in [0, 0.1) is 0 Å². The average Bonchev–Trinajstić information content (AvgIpc) is 2.07. The molecule has 2 nitrogen and oxygen atoms in total. The standard InChI is InChI=1S/C8H7Cl2NO/c9-7-4-6(2-1-3-12)5-11-8(7)10/h1-2,4-5,12H,3H2/b2-1+. The van der Waals surface area contributed by atoms with Gasteiger partial charge in [-0.1, -0.05) is 35.4 Å². The summed E-state index contributed by atoms with van der Waals surface area (Å²) in [6.45, 7) is 0.000244. The van der Waals surface area contributed by atoms with E-state index in [1.54, 1.807) is 24.4 Å². The summed E-state index contributed by atoms with van der Waals surface area (Å²) < 4.78 is 0. The molecule has 1 N–H and O–H groups in total. The summed E-state index contributed by atoms with van der Waals surface area (Å²) in [4.78, 5) is 3.83. The smallest absolute Gasteiger partial charge is 0.147 e. The molecule has 64 valence electrons. The van der Waals surface area contributed by atoms with Crippen LogP contribution in [0.1, 0.15) is 5.56 Å². The zero-order chi connectivity index (χ0) is 8.97. The van der Waals surface area contributed by atoms with Crippen LogP contribution in [0.5, 0.6) is 0 Å². The molecule has 0 aliphatic heterocycles. The third-order valence-corrected chi connectivity index (χ3v) is 1.92. The van der Waals surface area contributed by atoms with Crippen LogP contribution in [-0.4, -0.2) is 16.7 Å². The molecule has 1 heterocycles. The number of hydrogen-bond donors (Lipinski definition) is 1. The molecular formula is C8H7Cl2NO. The Bertz CT molecular complexity index is 299. The summed E-state index contributed by atoms with van der Waals surface area (Å²) >= 11 is 11.3. The average molecular weight is 204 g/mol. The molecule has 0 saturated heterocycles. The number of halogens is 2. The Morgan fingerprint density at radius 3 is 2.83 bits per heavy atom. The Kier molecular flexibility index (Phi) is 3.53. The van der Waals surface area contributed by atoms with Crippen molar-refractivity contribution in [2.75, 3.05) is 6.61 Å². The zero-order valence-corrected chi connectivity index (χ0v) is 7.68. The van der Waals surface area contributed by atoms with Gasteiger partial charge in [-0.05, 0) is 11.6 Å². The highest BCUT2D eigenvalue weighted by Gasteiger charge is 1.97. The summed E-state index contributed by atoms with van der Waals surface area (Å²) in [5.74, 6) is 0. The van der Waals surface area contributed by atoms with E-state index in [0.717, 1.165) is 5.56 Å². The maximum Gasteiger partial charge on any atom is 0.147 e. The van der Waals surface area contributed by atoms with Gasteiger partial charge in [-0.3, -0.25) is 0 Å². The van der Waals surface area contributed by atoms with Crippen LogP contribution in [0.15, 0.2) is 18.3 Å². The largest absolute Gasteiger partial charge is 0.392 e. The molecule has 0 aliphatic rings. The monoisotopic (exact) mass is 203 g/mol. The fourth-order valence-electron chi connectivity index (χ4n) is 0.716.